The highest BCUT2D eigenvalue weighted by Gasteiger charge is 2.18. The van der Waals surface area contributed by atoms with Crippen LogP contribution < -0.4 is 11.1 Å². The first-order valence-electron chi connectivity index (χ1n) is 7.57. The van der Waals surface area contributed by atoms with Crippen molar-refractivity contribution in [3.05, 3.63) is 34.3 Å². The molecule has 5 heteroatoms. The third-order valence-electron chi connectivity index (χ3n) is 4.25. The number of hydrogen-bond acceptors (Lipinski definition) is 3. The van der Waals surface area contributed by atoms with Crippen LogP contribution in [0.15, 0.2) is 23.4 Å². The summed E-state index contributed by atoms with van der Waals surface area (Å²) in [5.74, 6) is 1.71. The Kier molecular flexibility index (Phi) is 5.88. The first-order chi connectivity index (χ1) is 10.1. The fraction of sp³-hybridized carbons (Fsp3) is 0.562. The average molecular weight is 310 g/mol. The van der Waals surface area contributed by atoms with Crippen molar-refractivity contribution < 1.29 is 5.21 Å². The Bertz CT molecular complexity index is 504. The summed E-state index contributed by atoms with van der Waals surface area (Å²) in [6.45, 7) is 4.14. The molecule has 1 aromatic rings. The molecule has 0 saturated heterocycles. The molecule has 0 radical (unpaired) electrons. The maximum absolute atomic E-state index is 8.66. The summed E-state index contributed by atoms with van der Waals surface area (Å²) in [6, 6.07) is 5.48. The number of nitrogens with two attached hydrogens (primary N) is 1. The van der Waals surface area contributed by atoms with Gasteiger partial charge < -0.3 is 16.3 Å². The normalized spacial score (nSPS) is 23.2. The number of halogens is 1. The third-order valence-corrected chi connectivity index (χ3v) is 4.60. The highest BCUT2D eigenvalue weighted by Crippen LogP contribution is 2.28. The first kappa shape index (κ1) is 16.1. The van der Waals surface area contributed by atoms with E-state index in [-0.39, 0.29) is 5.84 Å². The fourth-order valence-corrected chi connectivity index (χ4v) is 3.31. The zero-order valence-electron chi connectivity index (χ0n) is 12.5. The molecule has 0 spiro atoms. The Morgan fingerprint density at radius 3 is 2.95 bits per heavy atom. The van der Waals surface area contributed by atoms with Crippen LogP contribution in [-0.2, 0) is 6.54 Å². The highest BCUT2D eigenvalue weighted by molar-refractivity contribution is 6.31. The SMILES string of the molecule is CC1CCCC(CNCc2ccc(/C(N)=N/O)cc2Cl)C1. The van der Waals surface area contributed by atoms with Crippen LogP contribution >= 0.6 is 11.6 Å². The quantitative estimate of drug-likeness (QED) is 0.338. The smallest absolute Gasteiger partial charge is 0.170 e. The van der Waals surface area contributed by atoms with E-state index in [1.165, 1.54) is 25.7 Å². The molecule has 1 aromatic carbocycles. The maximum atomic E-state index is 8.66. The van der Waals surface area contributed by atoms with Crippen LogP contribution in [0.3, 0.4) is 0 Å². The number of amidine groups is 1. The van der Waals surface area contributed by atoms with E-state index in [1.54, 1.807) is 6.07 Å². The molecule has 1 aliphatic rings. The topological polar surface area (TPSA) is 70.6 Å². The van der Waals surface area contributed by atoms with Crippen LogP contribution in [0.25, 0.3) is 0 Å². The first-order valence-corrected chi connectivity index (χ1v) is 7.95. The number of rotatable bonds is 5. The van der Waals surface area contributed by atoms with E-state index in [2.05, 4.69) is 17.4 Å². The second-order valence-corrected chi connectivity index (χ2v) is 6.47. The molecule has 2 unspecified atom stereocenters. The van der Waals surface area contributed by atoms with Crippen LogP contribution in [0.1, 0.15) is 43.7 Å². The Morgan fingerprint density at radius 1 is 1.48 bits per heavy atom. The number of nitrogens with zero attached hydrogens (tertiary/aromatic N) is 1. The molecule has 0 aromatic heterocycles. The molecular formula is C16H24ClN3O. The molecule has 1 saturated carbocycles. The highest BCUT2D eigenvalue weighted by atomic mass is 35.5. The van der Waals surface area contributed by atoms with E-state index < -0.39 is 0 Å². The van der Waals surface area contributed by atoms with Crippen LogP contribution in [0.5, 0.6) is 0 Å². The molecule has 0 heterocycles. The van der Waals surface area contributed by atoms with E-state index in [1.807, 2.05) is 12.1 Å². The van der Waals surface area contributed by atoms with Crippen molar-refractivity contribution >= 4 is 17.4 Å². The molecule has 2 atom stereocenters. The standard InChI is InChI=1S/C16H24ClN3O/c1-11-3-2-4-12(7-11)9-19-10-14-6-5-13(8-15(14)17)16(18)20-21/h5-6,8,11-12,19,21H,2-4,7,9-10H2,1H3,(H2,18,20). The van der Waals surface area contributed by atoms with Crippen molar-refractivity contribution in [2.75, 3.05) is 6.54 Å². The average Bonchev–Trinajstić information content (AvgIpc) is 2.48. The summed E-state index contributed by atoms with van der Waals surface area (Å²) in [7, 11) is 0. The number of benzene rings is 1. The Labute approximate surface area is 131 Å². The van der Waals surface area contributed by atoms with E-state index >= 15 is 0 Å². The van der Waals surface area contributed by atoms with Gasteiger partial charge in [-0.3, -0.25) is 0 Å². The van der Waals surface area contributed by atoms with Gasteiger partial charge in [-0.1, -0.05) is 48.7 Å². The summed E-state index contributed by atoms with van der Waals surface area (Å²) in [5, 5.41) is 15.8. The van der Waals surface area contributed by atoms with Crippen molar-refractivity contribution in [1.82, 2.24) is 5.32 Å². The minimum Gasteiger partial charge on any atom is -0.409 e. The van der Waals surface area contributed by atoms with Gasteiger partial charge in [0.05, 0.1) is 0 Å². The Balaban J connectivity index is 1.86. The van der Waals surface area contributed by atoms with Gasteiger partial charge in [-0.2, -0.15) is 0 Å². The minimum absolute atomic E-state index is 0.0765. The summed E-state index contributed by atoms with van der Waals surface area (Å²) in [4.78, 5) is 0. The maximum Gasteiger partial charge on any atom is 0.170 e. The molecule has 4 nitrogen and oxygen atoms in total. The summed E-state index contributed by atoms with van der Waals surface area (Å²) in [6.07, 6.45) is 5.37. The number of oxime groups is 1. The summed E-state index contributed by atoms with van der Waals surface area (Å²) >= 11 is 6.24. The molecule has 0 amide bonds. The minimum atomic E-state index is 0.0765. The molecule has 1 fully saturated rings. The lowest BCUT2D eigenvalue weighted by molar-refractivity contribution is 0.274. The number of hydrogen-bond donors (Lipinski definition) is 3. The Morgan fingerprint density at radius 2 is 2.29 bits per heavy atom. The van der Waals surface area contributed by atoms with Gasteiger partial charge in [-0.15, -0.1) is 0 Å². The lowest BCUT2D eigenvalue weighted by atomic mass is 9.82. The molecule has 2 rings (SSSR count). The monoisotopic (exact) mass is 309 g/mol. The number of nitrogens with one attached hydrogen (secondary N) is 1. The second kappa shape index (κ2) is 7.66. The predicted molar refractivity (Wildman–Crippen MR) is 86.8 cm³/mol. The zero-order valence-corrected chi connectivity index (χ0v) is 13.2. The molecule has 21 heavy (non-hydrogen) atoms. The van der Waals surface area contributed by atoms with Crippen molar-refractivity contribution in [1.29, 1.82) is 0 Å². The molecule has 116 valence electrons. The summed E-state index contributed by atoms with van der Waals surface area (Å²) in [5.41, 5.74) is 7.22. The van der Waals surface area contributed by atoms with Gasteiger partial charge in [0.1, 0.15) is 0 Å². The van der Waals surface area contributed by atoms with Gasteiger partial charge in [0, 0.05) is 17.1 Å². The second-order valence-electron chi connectivity index (χ2n) is 6.06. The van der Waals surface area contributed by atoms with Gasteiger partial charge >= 0.3 is 0 Å². The van der Waals surface area contributed by atoms with Gasteiger partial charge in [-0.05, 0) is 42.9 Å². The van der Waals surface area contributed by atoms with Gasteiger partial charge in [-0.25, -0.2) is 0 Å². The molecule has 0 bridgehead atoms. The summed E-state index contributed by atoms with van der Waals surface area (Å²) < 4.78 is 0. The predicted octanol–water partition coefficient (Wildman–Crippen LogP) is 3.35. The van der Waals surface area contributed by atoms with Crippen molar-refractivity contribution in [2.24, 2.45) is 22.7 Å². The zero-order chi connectivity index (χ0) is 15.2. The Hall–Kier alpha value is -1.26. The lowest BCUT2D eigenvalue weighted by Crippen LogP contribution is -2.26. The molecular weight excluding hydrogens is 286 g/mol. The van der Waals surface area contributed by atoms with Gasteiger partial charge in [0.15, 0.2) is 5.84 Å². The van der Waals surface area contributed by atoms with Crippen molar-refractivity contribution in [2.45, 2.75) is 39.2 Å². The van der Waals surface area contributed by atoms with Crippen LogP contribution in [0.4, 0.5) is 0 Å². The van der Waals surface area contributed by atoms with Gasteiger partial charge in [0.2, 0.25) is 0 Å². The van der Waals surface area contributed by atoms with E-state index in [0.29, 0.717) is 10.6 Å². The van der Waals surface area contributed by atoms with E-state index in [4.69, 9.17) is 22.5 Å². The largest absolute Gasteiger partial charge is 0.409 e. The fourth-order valence-electron chi connectivity index (χ4n) is 3.06. The lowest BCUT2D eigenvalue weighted by Gasteiger charge is -2.26. The molecule has 0 aliphatic heterocycles. The van der Waals surface area contributed by atoms with Crippen LogP contribution in [0, 0.1) is 11.8 Å². The van der Waals surface area contributed by atoms with Crippen molar-refractivity contribution in [3.63, 3.8) is 0 Å². The molecule has 4 N–H and O–H groups in total. The van der Waals surface area contributed by atoms with Gasteiger partial charge in [0.25, 0.3) is 0 Å². The molecule has 1 aliphatic carbocycles. The third kappa shape index (κ3) is 4.61. The van der Waals surface area contributed by atoms with Crippen molar-refractivity contribution in [3.8, 4) is 0 Å². The van der Waals surface area contributed by atoms with Crippen LogP contribution in [0.2, 0.25) is 5.02 Å². The van der Waals surface area contributed by atoms with Crippen LogP contribution in [-0.4, -0.2) is 17.6 Å². The van der Waals surface area contributed by atoms with E-state index in [0.717, 1.165) is 30.5 Å². The van der Waals surface area contributed by atoms with E-state index in [9.17, 15) is 0 Å².